The van der Waals surface area contributed by atoms with E-state index in [-0.39, 0.29) is 48.9 Å². The number of benzene rings is 1. The third-order valence-electron chi connectivity index (χ3n) is 4.76. The van der Waals surface area contributed by atoms with Crippen LogP contribution in [0.15, 0.2) is 29.3 Å². The molecular formula is C22H37F2IN4O3. The second-order valence-corrected chi connectivity index (χ2v) is 8.11. The largest absolute Gasteiger partial charge is 0.435 e. The van der Waals surface area contributed by atoms with Crippen LogP contribution in [0.4, 0.5) is 14.5 Å². The van der Waals surface area contributed by atoms with E-state index in [2.05, 4.69) is 39.1 Å². The SMILES string of the molecule is CCNC(=NCC(O)COCC(C)C)NC1CCCN(c2ccc(OC(F)F)cc2)C1.I. The second kappa shape index (κ2) is 15.4. The van der Waals surface area contributed by atoms with Crippen LogP contribution >= 0.6 is 24.0 Å². The van der Waals surface area contributed by atoms with E-state index in [0.29, 0.717) is 25.0 Å². The molecule has 0 aliphatic carbocycles. The van der Waals surface area contributed by atoms with E-state index in [0.717, 1.165) is 31.6 Å². The van der Waals surface area contributed by atoms with Crippen LogP contribution in [0.5, 0.6) is 5.75 Å². The minimum Gasteiger partial charge on any atom is -0.435 e. The first-order valence-corrected chi connectivity index (χ1v) is 11.0. The zero-order chi connectivity index (χ0) is 22.6. The van der Waals surface area contributed by atoms with E-state index < -0.39 is 12.7 Å². The standard InChI is InChI=1S/C22H36F2N4O3.HI/c1-4-25-22(26-12-19(29)15-30-14-16(2)3)27-17-6-5-11-28(13-17)18-7-9-20(10-8-18)31-21(23)24;/h7-10,16-17,19,21,29H,4-6,11-15H2,1-3H3,(H2,25,26,27);1H. The summed E-state index contributed by atoms with van der Waals surface area (Å²) in [4.78, 5) is 6.71. The smallest absolute Gasteiger partial charge is 0.387 e. The minimum absolute atomic E-state index is 0. The molecule has 1 aliphatic heterocycles. The molecule has 3 N–H and O–H groups in total. The van der Waals surface area contributed by atoms with Gasteiger partial charge in [0.25, 0.3) is 0 Å². The monoisotopic (exact) mass is 570 g/mol. The van der Waals surface area contributed by atoms with Crippen LogP contribution in [0.3, 0.4) is 0 Å². The third-order valence-corrected chi connectivity index (χ3v) is 4.76. The fraction of sp³-hybridized carbons (Fsp3) is 0.682. The van der Waals surface area contributed by atoms with Gasteiger partial charge in [-0.1, -0.05) is 13.8 Å². The molecule has 0 aromatic heterocycles. The quantitative estimate of drug-likeness (QED) is 0.215. The Labute approximate surface area is 207 Å². The molecular weight excluding hydrogens is 533 g/mol. The molecule has 10 heteroatoms. The summed E-state index contributed by atoms with van der Waals surface area (Å²) in [6, 6.07) is 6.90. The average Bonchev–Trinajstić information content (AvgIpc) is 2.72. The number of ether oxygens (including phenoxy) is 2. The van der Waals surface area contributed by atoms with Gasteiger partial charge in [-0.2, -0.15) is 8.78 Å². The number of aliphatic hydroxyl groups excluding tert-OH is 1. The van der Waals surface area contributed by atoms with E-state index in [1.807, 2.05) is 6.92 Å². The van der Waals surface area contributed by atoms with Crippen LogP contribution in [0.1, 0.15) is 33.6 Å². The maximum atomic E-state index is 12.3. The van der Waals surface area contributed by atoms with Crippen molar-refractivity contribution in [2.75, 3.05) is 44.3 Å². The predicted molar refractivity (Wildman–Crippen MR) is 135 cm³/mol. The number of hydrogen-bond acceptors (Lipinski definition) is 5. The van der Waals surface area contributed by atoms with Crippen molar-refractivity contribution in [3.05, 3.63) is 24.3 Å². The molecule has 1 aromatic rings. The van der Waals surface area contributed by atoms with Crippen LogP contribution in [0.2, 0.25) is 0 Å². The summed E-state index contributed by atoms with van der Waals surface area (Å²) in [6.45, 7) is 6.83. The van der Waals surface area contributed by atoms with Crippen LogP contribution in [0.25, 0.3) is 0 Å². The summed E-state index contributed by atoms with van der Waals surface area (Å²) in [7, 11) is 0. The fourth-order valence-corrected chi connectivity index (χ4v) is 3.37. The predicted octanol–water partition coefficient (Wildman–Crippen LogP) is 3.46. The summed E-state index contributed by atoms with van der Waals surface area (Å²) in [5.74, 6) is 1.25. The second-order valence-electron chi connectivity index (χ2n) is 8.11. The third kappa shape index (κ3) is 11.0. The minimum atomic E-state index is -2.82. The molecule has 1 aromatic carbocycles. The Hall–Kier alpha value is -1.40. The molecule has 2 rings (SSSR count). The van der Waals surface area contributed by atoms with E-state index in [9.17, 15) is 13.9 Å². The molecule has 1 saturated heterocycles. The summed E-state index contributed by atoms with van der Waals surface area (Å²) in [6.07, 6.45) is 1.34. The van der Waals surface area contributed by atoms with Crippen molar-refractivity contribution in [1.82, 2.24) is 10.6 Å². The molecule has 7 nitrogen and oxygen atoms in total. The maximum absolute atomic E-state index is 12.3. The van der Waals surface area contributed by atoms with Crippen molar-refractivity contribution < 1.29 is 23.4 Å². The van der Waals surface area contributed by atoms with Crippen LogP contribution < -0.4 is 20.3 Å². The lowest BCUT2D eigenvalue weighted by atomic mass is 10.0. The van der Waals surface area contributed by atoms with Gasteiger partial charge in [-0.05, 0) is 49.9 Å². The van der Waals surface area contributed by atoms with Gasteiger partial charge in [0.15, 0.2) is 5.96 Å². The van der Waals surface area contributed by atoms with Gasteiger partial charge in [0.1, 0.15) is 5.75 Å². The number of nitrogens with zero attached hydrogens (tertiary/aromatic N) is 2. The Kier molecular flexibility index (Phi) is 13.8. The Bertz CT molecular complexity index is 665. The van der Waals surface area contributed by atoms with Crippen molar-refractivity contribution in [1.29, 1.82) is 0 Å². The Morgan fingerprint density at radius 2 is 1.97 bits per heavy atom. The van der Waals surface area contributed by atoms with Gasteiger partial charge < -0.3 is 30.1 Å². The zero-order valence-electron chi connectivity index (χ0n) is 19.1. The number of piperidine rings is 1. The number of halogens is 3. The van der Waals surface area contributed by atoms with Crippen LogP contribution in [0, 0.1) is 5.92 Å². The molecule has 2 unspecified atom stereocenters. The highest BCUT2D eigenvalue weighted by atomic mass is 127. The first-order valence-electron chi connectivity index (χ1n) is 11.0. The molecule has 0 radical (unpaired) electrons. The highest BCUT2D eigenvalue weighted by Gasteiger charge is 2.21. The van der Waals surface area contributed by atoms with Gasteiger partial charge in [-0.3, -0.25) is 4.99 Å². The molecule has 32 heavy (non-hydrogen) atoms. The van der Waals surface area contributed by atoms with Crippen molar-refractivity contribution in [3.8, 4) is 5.75 Å². The van der Waals surface area contributed by atoms with Crippen molar-refractivity contribution >= 4 is 35.6 Å². The van der Waals surface area contributed by atoms with E-state index in [1.54, 1.807) is 24.3 Å². The number of hydrogen-bond donors (Lipinski definition) is 3. The molecule has 1 aliphatic rings. The molecule has 0 bridgehead atoms. The highest BCUT2D eigenvalue weighted by Crippen LogP contribution is 2.23. The van der Waals surface area contributed by atoms with Gasteiger partial charge >= 0.3 is 6.61 Å². The fourth-order valence-electron chi connectivity index (χ4n) is 3.37. The summed E-state index contributed by atoms with van der Waals surface area (Å²) in [5, 5.41) is 16.8. The number of alkyl halides is 2. The number of aliphatic imine (C=N–C) groups is 1. The van der Waals surface area contributed by atoms with Gasteiger partial charge in [0, 0.05) is 38.0 Å². The van der Waals surface area contributed by atoms with Gasteiger partial charge in [-0.25, -0.2) is 0 Å². The Morgan fingerprint density at radius 3 is 2.59 bits per heavy atom. The lowest BCUT2D eigenvalue weighted by Crippen LogP contribution is -2.51. The van der Waals surface area contributed by atoms with Crippen LogP contribution in [-0.2, 0) is 4.74 Å². The van der Waals surface area contributed by atoms with Gasteiger partial charge in [-0.15, -0.1) is 24.0 Å². The molecule has 184 valence electrons. The lowest BCUT2D eigenvalue weighted by Gasteiger charge is -2.35. The summed E-state index contributed by atoms with van der Waals surface area (Å²) >= 11 is 0. The molecule has 2 atom stereocenters. The molecule has 1 heterocycles. The topological polar surface area (TPSA) is 78.4 Å². The Morgan fingerprint density at radius 1 is 1.25 bits per heavy atom. The number of guanidine groups is 1. The zero-order valence-corrected chi connectivity index (χ0v) is 21.4. The van der Waals surface area contributed by atoms with Crippen LogP contribution in [-0.4, -0.2) is 69.2 Å². The average molecular weight is 570 g/mol. The summed E-state index contributed by atoms with van der Waals surface area (Å²) < 4.78 is 34.6. The number of aliphatic hydroxyl groups is 1. The highest BCUT2D eigenvalue weighted by molar-refractivity contribution is 14.0. The number of nitrogens with one attached hydrogen (secondary N) is 2. The molecule has 0 amide bonds. The molecule has 0 saturated carbocycles. The normalized spacial score (nSPS) is 17.8. The van der Waals surface area contributed by atoms with Gasteiger partial charge in [0.2, 0.25) is 0 Å². The van der Waals surface area contributed by atoms with Crippen molar-refractivity contribution in [3.63, 3.8) is 0 Å². The first kappa shape index (κ1) is 28.6. The molecule has 1 fully saturated rings. The lowest BCUT2D eigenvalue weighted by molar-refractivity contribution is -0.0498. The number of anilines is 1. The van der Waals surface area contributed by atoms with E-state index in [1.165, 1.54) is 0 Å². The number of rotatable bonds is 11. The Balaban J connectivity index is 0.00000512. The van der Waals surface area contributed by atoms with Crippen molar-refractivity contribution in [2.45, 2.75) is 52.4 Å². The maximum Gasteiger partial charge on any atom is 0.387 e. The van der Waals surface area contributed by atoms with Gasteiger partial charge in [0.05, 0.1) is 19.3 Å². The van der Waals surface area contributed by atoms with E-state index >= 15 is 0 Å². The van der Waals surface area contributed by atoms with E-state index in [4.69, 9.17) is 4.74 Å². The first-order chi connectivity index (χ1) is 14.9. The summed E-state index contributed by atoms with van der Waals surface area (Å²) in [5.41, 5.74) is 0.966. The van der Waals surface area contributed by atoms with Crippen molar-refractivity contribution in [2.24, 2.45) is 10.9 Å². The molecule has 0 spiro atoms.